The first kappa shape index (κ1) is 15.8. The summed E-state index contributed by atoms with van der Waals surface area (Å²) >= 11 is 5.86. The Morgan fingerprint density at radius 3 is 2.52 bits per heavy atom. The molecule has 0 aliphatic rings. The molecule has 0 fully saturated rings. The van der Waals surface area contributed by atoms with Crippen LogP contribution in [-0.4, -0.2) is 13.4 Å². The monoisotopic (exact) mass is 324 g/mol. The molecule has 1 N–H and O–H groups in total. The van der Waals surface area contributed by atoms with E-state index in [0.29, 0.717) is 0 Å². The molecule has 0 radical (unpaired) electrons. The zero-order valence-electron chi connectivity index (χ0n) is 11.7. The van der Waals surface area contributed by atoms with E-state index in [1.165, 1.54) is 6.20 Å². The van der Waals surface area contributed by atoms with E-state index >= 15 is 0 Å². The highest BCUT2D eigenvalue weighted by atomic mass is 35.5. The summed E-state index contributed by atoms with van der Waals surface area (Å²) in [5.41, 5.74) is 1.41. The number of rotatable bonds is 6. The molecule has 1 aromatic heterocycles. The van der Waals surface area contributed by atoms with Crippen molar-refractivity contribution in [3.8, 4) is 0 Å². The zero-order chi connectivity index (χ0) is 15.3. The normalized spacial score (nSPS) is 11.3. The second kappa shape index (κ2) is 6.91. The molecule has 21 heavy (non-hydrogen) atoms. The minimum Gasteiger partial charge on any atom is -0.276 e. The van der Waals surface area contributed by atoms with Crippen LogP contribution in [0.2, 0.25) is 5.15 Å². The minimum absolute atomic E-state index is 0.126. The molecule has 0 atom stereocenters. The maximum atomic E-state index is 12.3. The summed E-state index contributed by atoms with van der Waals surface area (Å²) in [6, 6.07) is 10.1. The highest BCUT2D eigenvalue weighted by molar-refractivity contribution is 7.92. The Bertz CT molecular complexity index is 700. The van der Waals surface area contributed by atoms with Crippen molar-refractivity contribution in [1.82, 2.24) is 4.98 Å². The summed E-state index contributed by atoms with van der Waals surface area (Å²) in [6.45, 7) is 2.13. The molecule has 2 rings (SSSR count). The fraction of sp³-hybridized carbons (Fsp3) is 0.267. The lowest BCUT2D eigenvalue weighted by atomic mass is 10.1. The predicted octanol–water partition coefficient (Wildman–Crippen LogP) is 3.88. The van der Waals surface area contributed by atoms with Crippen LogP contribution in [0.15, 0.2) is 47.5 Å². The van der Waals surface area contributed by atoms with Gasteiger partial charge < -0.3 is 0 Å². The number of sulfonamides is 1. The smallest absolute Gasteiger partial charge is 0.261 e. The van der Waals surface area contributed by atoms with Gasteiger partial charge in [-0.3, -0.25) is 4.72 Å². The molecule has 0 aliphatic heterocycles. The van der Waals surface area contributed by atoms with Crippen LogP contribution < -0.4 is 4.72 Å². The van der Waals surface area contributed by atoms with Crippen LogP contribution in [0.25, 0.3) is 0 Å². The minimum atomic E-state index is -3.65. The SMILES string of the molecule is CCCCc1ccc(S(=O)(=O)Nc2cccnc2Cl)cc1. The van der Waals surface area contributed by atoms with Crippen molar-refractivity contribution in [2.75, 3.05) is 4.72 Å². The fourth-order valence-corrected chi connectivity index (χ4v) is 3.17. The van der Waals surface area contributed by atoms with E-state index in [2.05, 4.69) is 16.6 Å². The molecule has 2 aromatic rings. The molecule has 0 saturated carbocycles. The molecular weight excluding hydrogens is 308 g/mol. The van der Waals surface area contributed by atoms with Crippen molar-refractivity contribution in [2.24, 2.45) is 0 Å². The summed E-state index contributed by atoms with van der Waals surface area (Å²) < 4.78 is 27.0. The molecule has 4 nitrogen and oxygen atoms in total. The molecule has 0 aliphatic carbocycles. The lowest BCUT2D eigenvalue weighted by Crippen LogP contribution is -2.13. The van der Waals surface area contributed by atoms with E-state index in [-0.39, 0.29) is 15.7 Å². The molecule has 0 spiro atoms. The van der Waals surface area contributed by atoms with Crippen molar-refractivity contribution in [3.63, 3.8) is 0 Å². The predicted molar refractivity (Wildman–Crippen MR) is 85.1 cm³/mol. The van der Waals surface area contributed by atoms with Gasteiger partial charge in [0, 0.05) is 6.20 Å². The van der Waals surface area contributed by atoms with E-state index in [9.17, 15) is 8.42 Å². The molecule has 1 heterocycles. The van der Waals surface area contributed by atoms with Gasteiger partial charge in [0.15, 0.2) is 5.15 Å². The van der Waals surface area contributed by atoms with E-state index in [4.69, 9.17) is 11.6 Å². The van der Waals surface area contributed by atoms with Gasteiger partial charge in [0.05, 0.1) is 10.6 Å². The molecule has 0 bridgehead atoms. The van der Waals surface area contributed by atoms with Gasteiger partial charge in [-0.05, 0) is 42.7 Å². The number of hydrogen-bond acceptors (Lipinski definition) is 3. The first-order valence-corrected chi connectivity index (χ1v) is 8.61. The number of pyridine rings is 1. The standard InChI is InChI=1S/C15H17ClN2O2S/c1-2-3-5-12-7-9-13(10-8-12)21(19,20)18-14-6-4-11-17-15(14)16/h4,6-11,18H,2-3,5H2,1H3. The highest BCUT2D eigenvalue weighted by Gasteiger charge is 2.15. The Morgan fingerprint density at radius 2 is 1.90 bits per heavy atom. The van der Waals surface area contributed by atoms with Crippen molar-refractivity contribution >= 4 is 27.3 Å². The second-order valence-corrected chi connectivity index (χ2v) is 6.74. The first-order valence-electron chi connectivity index (χ1n) is 6.75. The van der Waals surface area contributed by atoms with Crippen LogP contribution >= 0.6 is 11.6 Å². The van der Waals surface area contributed by atoms with Crippen LogP contribution in [0.3, 0.4) is 0 Å². The topological polar surface area (TPSA) is 59.1 Å². The summed E-state index contributed by atoms with van der Waals surface area (Å²) in [5.74, 6) is 0. The highest BCUT2D eigenvalue weighted by Crippen LogP contribution is 2.22. The maximum Gasteiger partial charge on any atom is 0.261 e. The lowest BCUT2D eigenvalue weighted by molar-refractivity contribution is 0.601. The van der Waals surface area contributed by atoms with Gasteiger partial charge in [-0.1, -0.05) is 37.1 Å². The first-order chi connectivity index (χ1) is 10.0. The van der Waals surface area contributed by atoms with E-state index < -0.39 is 10.0 Å². The molecule has 0 unspecified atom stereocenters. The molecule has 1 aromatic carbocycles. The lowest BCUT2D eigenvalue weighted by Gasteiger charge is -2.09. The van der Waals surface area contributed by atoms with Crippen molar-refractivity contribution in [2.45, 2.75) is 31.1 Å². The quantitative estimate of drug-likeness (QED) is 0.820. The van der Waals surface area contributed by atoms with Crippen LogP contribution in [0, 0.1) is 0 Å². The maximum absolute atomic E-state index is 12.3. The van der Waals surface area contributed by atoms with Gasteiger partial charge in [-0.2, -0.15) is 0 Å². The number of unbranched alkanes of at least 4 members (excludes halogenated alkanes) is 1. The number of anilines is 1. The largest absolute Gasteiger partial charge is 0.276 e. The zero-order valence-corrected chi connectivity index (χ0v) is 13.3. The summed E-state index contributed by atoms with van der Waals surface area (Å²) in [7, 11) is -3.65. The van der Waals surface area contributed by atoms with Gasteiger partial charge in [-0.15, -0.1) is 0 Å². The van der Waals surface area contributed by atoms with Crippen LogP contribution in [0.5, 0.6) is 0 Å². The Hall–Kier alpha value is -1.59. The third kappa shape index (κ3) is 4.19. The molecule has 0 saturated heterocycles. The van der Waals surface area contributed by atoms with Crippen LogP contribution in [0.1, 0.15) is 25.3 Å². The number of aryl methyl sites for hydroxylation is 1. The van der Waals surface area contributed by atoms with Crippen LogP contribution in [-0.2, 0) is 16.4 Å². The fourth-order valence-electron chi connectivity index (χ4n) is 1.88. The molecule has 6 heteroatoms. The second-order valence-electron chi connectivity index (χ2n) is 4.69. The summed E-state index contributed by atoms with van der Waals surface area (Å²) in [6.07, 6.45) is 4.66. The number of hydrogen-bond donors (Lipinski definition) is 1. The third-order valence-electron chi connectivity index (χ3n) is 3.06. The summed E-state index contributed by atoms with van der Waals surface area (Å²) in [5, 5.41) is 0.126. The number of benzene rings is 1. The number of nitrogens with one attached hydrogen (secondary N) is 1. The van der Waals surface area contributed by atoms with Gasteiger partial charge in [0.1, 0.15) is 0 Å². The van der Waals surface area contributed by atoms with Crippen molar-refractivity contribution in [3.05, 3.63) is 53.3 Å². The van der Waals surface area contributed by atoms with Gasteiger partial charge >= 0.3 is 0 Å². The average molecular weight is 325 g/mol. The Labute approximate surface area is 130 Å². The third-order valence-corrected chi connectivity index (χ3v) is 4.74. The number of aromatic nitrogens is 1. The van der Waals surface area contributed by atoms with E-state index in [0.717, 1.165) is 24.8 Å². The van der Waals surface area contributed by atoms with Crippen molar-refractivity contribution < 1.29 is 8.42 Å². The van der Waals surface area contributed by atoms with Gasteiger partial charge in [0.25, 0.3) is 10.0 Å². The number of halogens is 1. The Morgan fingerprint density at radius 1 is 1.19 bits per heavy atom. The van der Waals surface area contributed by atoms with Crippen molar-refractivity contribution in [1.29, 1.82) is 0 Å². The van der Waals surface area contributed by atoms with Crippen LogP contribution in [0.4, 0.5) is 5.69 Å². The molecular formula is C15H17ClN2O2S. The Kier molecular flexibility index (Phi) is 5.20. The van der Waals surface area contributed by atoms with E-state index in [1.807, 2.05) is 12.1 Å². The molecule has 112 valence electrons. The van der Waals surface area contributed by atoms with Gasteiger partial charge in [0.2, 0.25) is 0 Å². The van der Waals surface area contributed by atoms with Gasteiger partial charge in [-0.25, -0.2) is 13.4 Å². The molecule has 0 amide bonds. The average Bonchev–Trinajstić information content (AvgIpc) is 2.48. The number of nitrogens with zero attached hydrogens (tertiary/aromatic N) is 1. The Balaban J connectivity index is 2.18. The van der Waals surface area contributed by atoms with E-state index in [1.54, 1.807) is 24.3 Å². The summed E-state index contributed by atoms with van der Waals surface area (Å²) in [4.78, 5) is 4.05.